The van der Waals surface area contributed by atoms with Gasteiger partial charge in [0, 0.05) is 12.1 Å². The number of hydrogen-bond acceptors (Lipinski definition) is 4. The van der Waals surface area contributed by atoms with Crippen LogP contribution in [0.4, 0.5) is 0 Å². The smallest absolute Gasteiger partial charge is 0.254 e. The van der Waals surface area contributed by atoms with Gasteiger partial charge in [0.2, 0.25) is 0 Å². The van der Waals surface area contributed by atoms with Crippen molar-refractivity contribution in [2.75, 3.05) is 13.7 Å². The Morgan fingerprint density at radius 1 is 1.31 bits per heavy atom. The third-order valence-corrected chi connectivity index (χ3v) is 5.35. The molecule has 29 heavy (non-hydrogen) atoms. The normalized spacial score (nSPS) is 16.6. The molecule has 6 nitrogen and oxygen atoms in total. The Balaban J connectivity index is 1.65. The van der Waals surface area contributed by atoms with Crippen molar-refractivity contribution in [2.24, 2.45) is 0 Å². The summed E-state index contributed by atoms with van der Waals surface area (Å²) in [4.78, 5) is 23.2. The van der Waals surface area contributed by atoms with Crippen LogP contribution in [0.3, 0.4) is 0 Å². The molecule has 4 rings (SSSR count). The number of aromatic amines is 1. The number of imidazole rings is 1. The number of amides is 1. The summed E-state index contributed by atoms with van der Waals surface area (Å²) in [7, 11) is 1.54. The Morgan fingerprint density at radius 2 is 2.10 bits per heavy atom. The lowest BCUT2D eigenvalue weighted by Gasteiger charge is -2.24. The van der Waals surface area contributed by atoms with Crippen LogP contribution in [0.5, 0.6) is 11.5 Å². The second-order valence-corrected chi connectivity index (χ2v) is 7.86. The molecule has 152 valence electrons. The first-order chi connectivity index (χ1) is 14.0. The van der Waals surface area contributed by atoms with Gasteiger partial charge in [0.05, 0.1) is 35.3 Å². The van der Waals surface area contributed by atoms with E-state index in [0.29, 0.717) is 28.6 Å². The molecule has 0 spiro atoms. The van der Waals surface area contributed by atoms with Crippen LogP contribution in [0.15, 0.2) is 36.4 Å². The molecule has 1 saturated heterocycles. The van der Waals surface area contributed by atoms with Gasteiger partial charge in [-0.25, -0.2) is 4.98 Å². The number of aromatic nitrogens is 2. The van der Waals surface area contributed by atoms with Gasteiger partial charge in [-0.1, -0.05) is 23.7 Å². The zero-order valence-corrected chi connectivity index (χ0v) is 17.5. The highest BCUT2D eigenvalue weighted by atomic mass is 35.5. The van der Waals surface area contributed by atoms with E-state index in [1.54, 1.807) is 19.2 Å². The highest BCUT2D eigenvalue weighted by Gasteiger charge is 2.33. The van der Waals surface area contributed by atoms with Gasteiger partial charge in [-0.3, -0.25) is 4.79 Å². The van der Waals surface area contributed by atoms with Crippen LogP contribution >= 0.6 is 11.6 Å². The summed E-state index contributed by atoms with van der Waals surface area (Å²) >= 11 is 6.42. The van der Waals surface area contributed by atoms with E-state index in [9.17, 15) is 4.79 Å². The fraction of sp³-hybridized carbons (Fsp3) is 0.364. The van der Waals surface area contributed by atoms with Crippen LogP contribution in [-0.4, -0.2) is 40.5 Å². The van der Waals surface area contributed by atoms with Crippen LogP contribution in [0, 0.1) is 0 Å². The van der Waals surface area contributed by atoms with E-state index in [-0.39, 0.29) is 18.1 Å². The fourth-order valence-electron chi connectivity index (χ4n) is 3.78. The molecule has 1 N–H and O–H groups in total. The van der Waals surface area contributed by atoms with Crippen LogP contribution in [-0.2, 0) is 0 Å². The highest BCUT2D eigenvalue weighted by Crippen LogP contribution is 2.39. The lowest BCUT2D eigenvalue weighted by Crippen LogP contribution is -2.31. The number of rotatable bonds is 5. The number of hydrogen-bond donors (Lipinski definition) is 1. The Morgan fingerprint density at radius 3 is 2.83 bits per heavy atom. The van der Waals surface area contributed by atoms with E-state index in [0.717, 1.165) is 29.7 Å². The SMILES string of the molecule is COc1cc(C(=O)N2CCC[C@H]2c2nc3ccccc3[nH]2)cc(Cl)c1OC(C)C. The zero-order chi connectivity index (χ0) is 20.5. The minimum absolute atomic E-state index is 0.0565. The third-order valence-electron chi connectivity index (χ3n) is 5.07. The van der Waals surface area contributed by atoms with Gasteiger partial charge < -0.3 is 19.4 Å². The van der Waals surface area contributed by atoms with E-state index in [1.807, 2.05) is 43.0 Å². The molecule has 0 saturated carbocycles. The number of nitrogens with zero attached hydrogens (tertiary/aromatic N) is 2. The van der Waals surface area contributed by atoms with Crippen molar-refractivity contribution in [3.05, 3.63) is 52.8 Å². The molecule has 0 bridgehead atoms. The molecule has 3 aromatic rings. The summed E-state index contributed by atoms with van der Waals surface area (Å²) in [6.45, 7) is 4.50. The molecular weight excluding hydrogens is 390 g/mol. The van der Waals surface area contributed by atoms with Crippen molar-refractivity contribution in [1.29, 1.82) is 0 Å². The topological polar surface area (TPSA) is 67.5 Å². The molecule has 7 heteroatoms. The minimum atomic E-state index is -0.0933. The number of nitrogens with one attached hydrogen (secondary N) is 1. The van der Waals surface area contributed by atoms with Crippen LogP contribution < -0.4 is 9.47 Å². The van der Waals surface area contributed by atoms with Crippen LogP contribution in [0.1, 0.15) is 48.9 Å². The number of halogens is 1. The highest BCUT2D eigenvalue weighted by molar-refractivity contribution is 6.32. The first-order valence-electron chi connectivity index (χ1n) is 9.77. The molecule has 1 aromatic heterocycles. The number of fused-ring (bicyclic) bond motifs is 1. The first-order valence-corrected chi connectivity index (χ1v) is 10.2. The van der Waals surface area contributed by atoms with Gasteiger partial charge in [-0.15, -0.1) is 0 Å². The Bertz CT molecular complexity index is 1010. The summed E-state index contributed by atoms with van der Waals surface area (Å²) in [6, 6.07) is 11.1. The fourth-order valence-corrected chi connectivity index (χ4v) is 4.04. The van der Waals surface area contributed by atoms with Crippen molar-refractivity contribution in [3.63, 3.8) is 0 Å². The molecule has 0 aliphatic carbocycles. The van der Waals surface area contributed by atoms with Gasteiger partial charge in [0.1, 0.15) is 5.82 Å². The molecule has 0 unspecified atom stereocenters. The largest absolute Gasteiger partial charge is 0.493 e. The molecule has 2 aromatic carbocycles. The van der Waals surface area contributed by atoms with Crippen molar-refractivity contribution >= 4 is 28.5 Å². The molecule has 1 fully saturated rings. The standard InChI is InChI=1S/C22H24ClN3O3/c1-13(2)29-20-15(23)11-14(12-19(20)28-3)22(27)26-10-6-9-18(26)21-24-16-7-4-5-8-17(16)25-21/h4-5,7-8,11-13,18H,6,9-10H2,1-3H3,(H,24,25)/t18-/m0/s1. The quantitative estimate of drug-likeness (QED) is 0.639. The minimum Gasteiger partial charge on any atom is -0.493 e. The maximum absolute atomic E-state index is 13.3. The van der Waals surface area contributed by atoms with Gasteiger partial charge in [0.15, 0.2) is 11.5 Å². The number of carbonyl (C=O) groups excluding carboxylic acids is 1. The monoisotopic (exact) mass is 413 g/mol. The maximum Gasteiger partial charge on any atom is 0.254 e. The predicted molar refractivity (Wildman–Crippen MR) is 113 cm³/mol. The summed E-state index contributed by atoms with van der Waals surface area (Å²) < 4.78 is 11.2. The lowest BCUT2D eigenvalue weighted by molar-refractivity contribution is 0.0730. The zero-order valence-electron chi connectivity index (χ0n) is 16.7. The Labute approximate surface area is 174 Å². The number of methoxy groups -OCH3 is 1. The molecule has 1 aliphatic heterocycles. The van der Waals surface area contributed by atoms with E-state index >= 15 is 0 Å². The van der Waals surface area contributed by atoms with Crippen molar-refractivity contribution < 1.29 is 14.3 Å². The number of H-pyrrole nitrogens is 1. The van der Waals surface area contributed by atoms with E-state index in [2.05, 4.69) is 4.98 Å². The van der Waals surface area contributed by atoms with E-state index in [1.165, 1.54) is 0 Å². The van der Waals surface area contributed by atoms with Crippen molar-refractivity contribution in [2.45, 2.75) is 38.8 Å². The Kier molecular flexibility index (Phi) is 5.37. The number of carbonyl (C=O) groups is 1. The summed E-state index contributed by atoms with van der Waals surface area (Å²) in [5.41, 5.74) is 2.36. The van der Waals surface area contributed by atoms with Gasteiger partial charge >= 0.3 is 0 Å². The molecule has 2 heterocycles. The van der Waals surface area contributed by atoms with Crippen molar-refractivity contribution in [1.82, 2.24) is 14.9 Å². The summed E-state index contributed by atoms with van der Waals surface area (Å²) in [5.74, 6) is 1.63. The first kappa shape index (κ1) is 19.6. The van der Waals surface area contributed by atoms with Gasteiger partial charge in [-0.05, 0) is 51.0 Å². The number of likely N-dealkylation sites (tertiary alicyclic amines) is 1. The lowest BCUT2D eigenvalue weighted by atomic mass is 10.1. The van der Waals surface area contributed by atoms with Gasteiger partial charge in [0.25, 0.3) is 5.91 Å². The van der Waals surface area contributed by atoms with Crippen molar-refractivity contribution in [3.8, 4) is 11.5 Å². The maximum atomic E-state index is 13.3. The molecular formula is C22H24ClN3O3. The summed E-state index contributed by atoms with van der Waals surface area (Å²) in [6.07, 6.45) is 1.73. The summed E-state index contributed by atoms with van der Waals surface area (Å²) in [5, 5.41) is 0.362. The number of para-hydroxylation sites is 2. The number of ether oxygens (including phenoxy) is 2. The van der Waals surface area contributed by atoms with E-state index < -0.39 is 0 Å². The molecule has 1 atom stereocenters. The number of benzene rings is 2. The van der Waals surface area contributed by atoms with E-state index in [4.69, 9.17) is 26.1 Å². The molecule has 0 radical (unpaired) electrons. The van der Waals surface area contributed by atoms with Crippen LogP contribution in [0.2, 0.25) is 5.02 Å². The average Bonchev–Trinajstić information content (AvgIpc) is 3.34. The second-order valence-electron chi connectivity index (χ2n) is 7.45. The average molecular weight is 414 g/mol. The third kappa shape index (κ3) is 3.77. The van der Waals surface area contributed by atoms with Crippen LogP contribution in [0.25, 0.3) is 11.0 Å². The second kappa shape index (κ2) is 7.95. The molecule has 1 aliphatic rings. The van der Waals surface area contributed by atoms with Gasteiger partial charge in [-0.2, -0.15) is 0 Å². The molecule has 1 amide bonds. The predicted octanol–water partition coefficient (Wildman–Crippen LogP) is 4.99. The Hall–Kier alpha value is -2.73.